The zero-order valence-electron chi connectivity index (χ0n) is 7.55. The number of aromatic carboxylic acids is 1. The lowest BCUT2D eigenvalue weighted by Crippen LogP contribution is -2.11. The number of aromatic nitrogens is 1. The molecule has 86 valence electrons. The van der Waals surface area contributed by atoms with Crippen molar-refractivity contribution in [3.63, 3.8) is 0 Å². The highest BCUT2D eigenvalue weighted by Gasteiger charge is 2.28. The van der Waals surface area contributed by atoms with Crippen LogP contribution in [0.25, 0.3) is 0 Å². The molecule has 0 saturated carbocycles. The minimum atomic E-state index is -3.19. The number of halogens is 2. The van der Waals surface area contributed by atoms with Crippen molar-refractivity contribution in [1.82, 2.24) is 4.98 Å². The molecule has 0 bridgehead atoms. The van der Waals surface area contributed by atoms with Crippen LogP contribution < -0.4 is 5.73 Å². The van der Waals surface area contributed by atoms with Crippen molar-refractivity contribution >= 4 is 17.6 Å². The first-order chi connectivity index (χ1) is 7.34. The van der Waals surface area contributed by atoms with Gasteiger partial charge in [0.15, 0.2) is 0 Å². The predicted molar refractivity (Wildman–Crippen MR) is 47.2 cm³/mol. The number of carbonyl (C=O) groups is 1. The molecule has 1 heterocycles. The number of nitrogens with zero attached hydrogens (tertiary/aromatic N) is 2. The number of nitro groups is 1. The van der Waals surface area contributed by atoms with E-state index in [4.69, 9.17) is 10.8 Å². The second-order valence-electron chi connectivity index (χ2n) is 2.69. The van der Waals surface area contributed by atoms with E-state index in [1.54, 1.807) is 0 Å². The highest BCUT2D eigenvalue weighted by molar-refractivity contribution is 5.94. The third-order valence-corrected chi connectivity index (χ3v) is 1.70. The van der Waals surface area contributed by atoms with Crippen molar-refractivity contribution in [1.29, 1.82) is 0 Å². The van der Waals surface area contributed by atoms with Crippen molar-refractivity contribution in [2.24, 2.45) is 0 Å². The van der Waals surface area contributed by atoms with Gasteiger partial charge in [0, 0.05) is 11.6 Å². The van der Waals surface area contributed by atoms with Gasteiger partial charge in [-0.1, -0.05) is 0 Å². The molecule has 0 unspecified atom stereocenters. The maximum absolute atomic E-state index is 12.4. The Morgan fingerprint density at radius 1 is 1.62 bits per heavy atom. The second kappa shape index (κ2) is 4.04. The van der Waals surface area contributed by atoms with E-state index in [0.717, 1.165) is 0 Å². The smallest absolute Gasteiger partial charge is 0.366 e. The zero-order chi connectivity index (χ0) is 12.5. The van der Waals surface area contributed by atoms with Crippen LogP contribution in [0.4, 0.5) is 20.4 Å². The SMILES string of the molecule is Nc1nc([N+](=O)[O-])cc(C(F)F)c1C(=O)O. The van der Waals surface area contributed by atoms with Crippen molar-refractivity contribution < 1.29 is 23.6 Å². The molecule has 1 aromatic rings. The summed E-state index contributed by atoms with van der Waals surface area (Å²) < 4.78 is 24.9. The van der Waals surface area contributed by atoms with Crippen molar-refractivity contribution in [2.75, 3.05) is 5.73 Å². The Bertz CT molecular complexity index is 463. The summed E-state index contributed by atoms with van der Waals surface area (Å²) >= 11 is 0. The lowest BCUT2D eigenvalue weighted by atomic mass is 10.1. The van der Waals surface area contributed by atoms with Gasteiger partial charge in [-0.25, -0.2) is 13.6 Å². The molecule has 9 heteroatoms. The number of carboxylic acid groups (broad SMARTS) is 1. The van der Waals surface area contributed by atoms with Crippen LogP contribution in [-0.4, -0.2) is 21.0 Å². The lowest BCUT2D eigenvalue weighted by Gasteiger charge is -2.04. The van der Waals surface area contributed by atoms with E-state index in [-0.39, 0.29) is 0 Å². The Morgan fingerprint density at radius 3 is 2.56 bits per heavy atom. The number of hydrogen-bond acceptors (Lipinski definition) is 5. The Kier molecular flexibility index (Phi) is 2.97. The summed E-state index contributed by atoms with van der Waals surface area (Å²) in [5.41, 5.74) is 3.13. The highest BCUT2D eigenvalue weighted by atomic mass is 19.3. The first-order valence-electron chi connectivity index (χ1n) is 3.80. The first-order valence-corrected chi connectivity index (χ1v) is 3.80. The molecule has 0 saturated heterocycles. The van der Waals surface area contributed by atoms with Crippen LogP contribution in [0.2, 0.25) is 0 Å². The van der Waals surface area contributed by atoms with Crippen LogP contribution in [0.3, 0.4) is 0 Å². The number of carboxylic acids is 1. The zero-order valence-corrected chi connectivity index (χ0v) is 7.55. The standard InChI is InChI=1S/C7H5F2N3O4/c8-5(9)2-1-3(12(15)16)11-6(10)4(2)7(13)14/h1,5H,(H2,10,11)(H,13,14). The van der Waals surface area contributed by atoms with Gasteiger partial charge in [0.25, 0.3) is 12.2 Å². The monoisotopic (exact) mass is 233 g/mol. The van der Waals surface area contributed by atoms with Gasteiger partial charge in [0.1, 0.15) is 5.56 Å². The van der Waals surface area contributed by atoms with Gasteiger partial charge in [-0.2, -0.15) is 0 Å². The molecule has 1 aromatic heterocycles. The summed E-state index contributed by atoms with van der Waals surface area (Å²) in [7, 11) is 0. The van der Waals surface area contributed by atoms with Gasteiger partial charge < -0.3 is 21.0 Å². The Hall–Kier alpha value is -2.32. The second-order valence-corrected chi connectivity index (χ2v) is 2.69. The molecule has 3 N–H and O–H groups in total. The number of nitrogens with two attached hydrogens (primary N) is 1. The third kappa shape index (κ3) is 2.02. The summed E-state index contributed by atoms with van der Waals surface area (Å²) in [6, 6.07) is 0.393. The van der Waals surface area contributed by atoms with Gasteiger partial charge in [-0.3, -0.25) is 0 Å². The quantitative estimate of drug-likeness (QED) is 0.598. The molecule has 0 fully saturated rings. The van der Waals surface area contributed by atoms with Crippen LogP contribution >= 0.6 is 0 Å². The van der Waals surface area contributed by atoms with E-state index in [1.165, 1.54) is 0 Å². The van der Waals surface area contributed by atoms with Gasteiger partial charge in [0.05, 0.1) is 0 Å². The van der Waals surface area contributed by atoms with Crippen LogP contribution in [0, 0.1) is 10.1 Å². The fourth-order valence-corrected chi connectivity index (χ4v) is 1.07. The lowest BCUT2D eigenvalue weighted by molar-refractivity contribution is -0.389. The minimum Gasteiger partial charge on any atom is -0.477 e. The van der Waals surface area contributed by atoms with Crippen molar-refractivity contribution in [3.05, 3.63) is 27.3 Å². The number of anilines is 1. The molecule has 0 spiro atoms. The maximum Gasteiger partial charge on any atom is 0.366 e. The number of alkyl halides is 2. The van der Waals surface area contributed by atoms with Crippen LogP contribution in [0.1, 0.15) is 22.3 Å². The van der Waals surface area contributed by atoms with Crippen molar-refractivity contribution in [2.45, 2.75) is 6.43 Å². The molecule has 1 rings (SSSR count). The maximum atomic E-state index is 12.4. The first kappa shape index (κ1) is 11.8. The highest BCUT2D eigenvalue weighted by Crippen LogP contribution is 2.29. The van der Waals surface area contributed by atoms with E-state index in [1.807, 2.05) is 0 Å². The normalized spacial score (nSPS) is 10.4. The summed E-state index contributed by atoms with van der Waals surface area (Å²) in [5, 5.41) is 18.9. The van der Waals surface area contributed by atoms with Crippen LogP contribution in [-0.2, 0) is 0 Å². The molecule has 0 radical (unpaired) electrons. The summed E-state index contributed by atoms with van der Waals surface area (Å²) in [4.78, 5) is 23.0. The van der Waals surface area contributed by atoms with E-state index in [0.29, 0.717) is 6.07 Å². The van der Waals surface area contributed by atoms with Crippen molar-refractivity contribution in [3.8, 4) is 0 Å². The molecular formula is C7H5F2N3O4. The summed E-state index contributed by atoms with van der Waals surface area (Å²) in [6.45, 7) is 0. The fourth-order valence-electron chi connectivity index (χ4n) is 1.07. The topological polar surface area (TPSA) is 119 Å². The molecule has 0 aliphatic carbocycles. The Balaban J connectivity index is 3.51. The van der Waals surface area contributed by atoms with E-state index < -0.39 is 40.1 Å². The number of pyridine rings is 1. The molecule has 0 aliphatic heterocycles. The average molecular weight is 233 g/mol. The van der Waals surface area contributed by atoms with Gasteiger partial charge in [-0.05, 0) is 9.91 Å². The van der Waals surface area contributed by atoms with Crippen LogP contribution in [0.5, 0.6) is 0 Å². The third-order valence-electron chi connectivity index (χ3n) is 1.70. The van der Waals surface area contributed by atoms with E-state index >= 15 is 0 Å². The fraction of sp³-hybridized carbons (Fsp3) is 0.143. The predicted octanol–water partition coefficient (Wildman–Crippen LogP) is 1.21. The molecular weight excluding hydrogens is 228 g/mol. The average Bonchev–Trinajstić information content (AvgIpc) is 2.15. The largest absolute Gasteiger partial charge is 0.477 e. The van der Waals surface area contributed by atoms with Gasteiger partial charge in [-0.15, -0.1) is 0 Å². The number of nitrogen functional groups attached to an aromatic ring is 1. The van der Waals surface area contributed by atoms with E-state index in [2.05, 4.69) is 4.98 Å². The van der Waals surface area contributed by atoms with Crippen LogP contribution in [0.15, 0.2) is 6.07 Å². The molecule has 0 amide bonds. The molecule has 0 aromatic carbocycles. The number of rotatable bonds is 3. The Morgan fingerprint density at radius 2 is 2.19 bits per heavy atom. The number of hydrogen-bond donors (Lipinski definition) is 2. The summed E-state index contributed by atoms with van der Waals surface area (Å²) in [5.74, 6) is -3.44. The minimum absolute atomic E-state index is 0.393. The van der Waals surface area contributed by atoms with Gasteiger partial charge >= 0.3 is 11.8 Å². The molecule has 0 atom stereocenters. The molecule has 7 nitrogen and oxygen atoms in total. The molecule has 16 heavy (non-hydrogen) atoms. The Labute approximate surface area is 86.7 Å². The molecule has 0 aliphatic rings. The van der Waals surface area contributed by atoms with E-state index in [9.17, 15) is 23.7 Å². The summed E-state index contributed by atoms with van der Waals surface area (Å²) in [6.07, 6.45) is -3.19. The van der Waals surface area contributed by atoms with Gasteiger partial charge in [0.2, 0.25) is 0 Å².